The molecule has 0 saturated carbocycles. The first-order valence-corrected chi connectivity index (χ1v) is 8.18. The van der Waals surface area contributed by atoms with Crippen molar-refractivity contribution in [1.82, 2.24) is 10.6 Å². The molecule has 0 aromatic heterocycles. The molecule has 1 unspecified atom stereocenters. The van der Waals surface area contributed by atoms with Crippen molar-refractivity contribution >= 4 is 11.9 Å². The monoisotopic (exact) mass is 338 g/mol. The number of ether oxygens (including phenoxy) is 2. The molecule has 134 valence electrons. The van der Waals surface area contributed by atoms with Crippen LogP contribution in [0.3, 0.4) is 0 Å². The zero-order valence-electron chi connectivity index (χ0n) is 14.9. The number of nitrogens with one attached hydrogen (secondary N) is 3. The van der Waals surface area contributed by atoms with Crippen molar-refractivity contribution in [1.29, 1.82) is 0 Å². The van der Waals surface area contributed by atoms with Crippen molar-refractivity contribution in [2.24, 2.45) is 0 Å². The fraction of sp³-hybridized carbons (Fsp3) is 0.529. The third kappa shape index (κ3) is 6.87. The maximum atomic E-state index is 11.8. The number of carbonyl (C=O) groups excluding carboxylic acids is 2. The number of rotatable bonds is 9. The molecule has 0 heterocycles. The summed E-state index contributed by atoms with van der Waals surface area (Å²) in [6, 6.07) is 5.27. The first-order chi connectivity index (χ1) is 11.5. The topological polar surface area (TPSA) is 81.1 Å². The van der Waals surface area contributed by atoms with Gasteiger partial charge < -0.3 is 19.7 Å². The lowest BCUT2D eigenvalue weighted by Crippen LogP contribution is -3.09. The van der Waals surface area contributed by atoms with Gasteiger partial charge in [0.2, 0.25) is 0 Å². The van der Waals surface area contributed by atoms with Gasteiger partial charge in [-0.1, -0.05) is 6.92 Å². The van der Waals surface area contributed by atoms with Crippen molar-refractivity contribution in [2.75, 3.05) is 33.9 Å². The molecular formula is C17H28N3O4+. The highest BCUT2D eigenvalue weighted by molar-refractivity contribution is 5.94. The summed E-state index contributed by atoms with van der Waals surface area (Å²) < 4.78 is 10.8. The average molecular weight is 338 g/mol. The average Bonchev–Trinajstić information content (AvgIpc) is 2.54. The molecule has 0 bridgehead atoms. The van der Waals surface area contributed by atoms with E-state index in [-0.39, 0.29) is 12.5 Å². The molecule has 0 spiro atoms. The summed E-state index contributed by atoms with van der Waals surface area (Å²) in [4.78, 5) is 24.3. The van der Waals surface area contributed by atoms with Crippen LogP contribution in [0.4, 0.5) is 4.79 Å². The van der Waals surface area contributed by atoms with Crippen molar-refractivity contribution in [3.8, 4) is 11.5 Å². The molecule has 7 nitrogen and oxygen atoms in total. The largest absolute Gasteiger partial charge is 0.493 e. The van der Waals surface area contributed by atoms with Crippen LogP contribution >= 0.6 is 0 Å². The quantitative estimate of drug-likeness (QED) is 0.607. The summed E-state index contributed by atoms with van der Waals surface area (Å²) in [5.41, 5.74) is 1.02. The molecule has 1 atom stereocenters. The fourth-order valence-corrected chi connectivity index (χ4v) is 2.24. The zero-order chi connectivity index (χ0) is 17.9. The number of imide groups is 1. The molecule has 7 heteroatoms. The second-order valence-electron chi connectivity index (χ2n) is 5.53. The van der Waals surface area contributed by atoms with Crippen LogP contribution in [-0.4, -0.2) is 45.8 Å². The minimum absolute atomic E-state index is 0.203. The van der Waals surface area contributed by atoms with Gasteiger partial charge in [-0.25, -0.2) is 4.79 Å². The van der Waals surface area contributed by atoms with Gasteiger partial charge in [-0.05, 0) is 31.5 Å². The summed E-state index contributed by atoms with van der Waals surface area (Å²) >= 11 is 0. The van der Waals surface area contributed by atoms with Crippen molar-refractivity contribution in [3.63, 3.8) is 0 Å². The van der Waals surface area contributed by atoms with Crippen LogP contribution in [-0.2, 0) is 11.3 Å². The van der Waals surface area contributed by atoms with Gasteiger partial charge in [-0.15, -0.1) is 0 Å². The smallest absolute Gasteiger partial charge is 0.321 e. The predicted octanol–water partition coefficient (Wildman–Crippen LogP) is 0.344. The van der Waals surface area contributed by atoms with Gasteiger partial charge in [-0.2, -0.15) is 0 Å². The molecule has 0 aliphatic rings. The van der Waals surface area contributed by atoms with E-state index in [1.807, 2.05) is 39.1 Å². The lowest BCUT2D eigenvalue weighted by Gasteiger charge is -2.15. The van der Waals surface area contributed by atoms with E-state index in [4.69, 9.17) is 9.47 Å². The van der Waals surface area contributed by atoms with Gasteiger partial charge in [0.05, 0.1) is 20.8 Å². The molecular weight excluding hydrogens is 310 g/mol. The lowest BCUT2D eigenvalue weighted by molar-refractivity contribution is -0.885. The number of amides is 3. The highest BCUT2D eigenvalue weighted by atomic mass is 16.5. The molecule has 0 saturated heterocycles. The van der Waals surface area contributed by atoms with Crippen LogP contribution in [0.1, 0.15) is 25.8 Å². The van der Waals surface area contributed by atoms with Crippen LogP contribution < -0.4 is 25.0 Å². The van der Waals surface area contributed by atoms with E-state index >= 15 is 0 Å². The number of carbonyl (C=O) groups is 2. The van der Waals surface area contributed by atoms with Crippen LogP contribution in [0.5, 0.6) is 11.5 Å². The molecule has 3 N–H and O–H groups in total. The summed E-state index contributed by atoms with van der Waals surface area (Å²) in [5.74, 6) is 1.07. The second-order valence-corrected chi connectivity index (χ2v) is 5.53. The molecule has 24 heavy (non-hydrogen) atoms. The lowest BCUT2D eigenvalue weighted by atomic mass is 10.2. The van der Waals surface area contributed by atoms with Crippen LogP contribution in [0.2, 0.25) is 0 Å². The summed E-state index contributed by atoms with van der Waals surface area (Å²) in [5, 5.41) is 4.93. The van der Waals surface area contributed by atoms with Gasteiger partial charge >= 0.3 is 6.03 Å². The Balaban J connectivity index is 2.53. The van der Waals surface area contributed by atoms with Gasteiger partial charge in [0, 0.05) is 12.1 Å². The number of benzene rings is 1. The Morgan fingerprint density at radius 3 is 2.58 bits per heavy atom. The van der Waals surface area contributed by atoms with Gasteiger partial charge in [0.25, 0.3) is 5.91 Å². The standard InChI is InChI=1S/C17H27N3O4/c1-5-9-18-17(22)19-16(21)12-20(3)11-13-7-8-14(24-6-2)15(10-13)23-4/h7-8,10H,5-6,9,11-12H2,1-4H3,(H2,18,19,21,22)/p+1. The maximum Gasteiger partial charge on any atom is 0.321 e. The summed E-state index contributed by atoms with van der Waals surface area (Å²) in [7, 11) is 3.49. The molecule has 1 aromatic carbocycles. The van der Waals surface area contributed by atoms with E-state index in [0.29, 0.717) is 31.2 Å². The van der Waals surface area contributed by atoms with Gasteiger partial charge in [0.1, 0.15) is 6.54 Å². The SMILES string of the molecule is CCCNC(=O)NC(=O)C[NH+](C)Cc1ccc(OCC)c(OC)c1. The van der Waals surface area contributed by atoms with E-state index in [2.05, 4.69) is 10.6 Å². The number of urea groups is 1. The first-order valence-electron chi connectivity index (χ1n) is 8.18. The number of hydrogen-bond acceptors (Lipinski definition) is 4. The summed E-state index contributed by atoms with van der Waals surface area (Å²) in [6.07, 6.45) is 0.826. The number of quaternary nitrogens is 1. The zero-order valence-corrected chi connectivity index (χ0v) is 14.9. The minimum Gasteiger partial charge on any atom is -0.493 e. The summed E-state index contributed by atoms with van der Waals surface area (Å²) in [6.45, 7) is 5.82. The Morgan fingerprint density at radius 1 is 1.21 bits per heavy atom. The number of likely N-dealkylation sites (N-methyl/N-ethyl adjacent to an activating group) is 1. The predicted molar refractivity (Wildman–Crippen MR) is 91.5 cm³/mol. The Kier molecular flexibility index (Phi) is 8.64. The van der Waals surface area contributed by atoms with Crippen LogP contribution in [0.15, 0.2) is 18.2 Å². The Morgan fingerprint density at radius 2 is 1.96 bits per heavy atom. The molecule has 1 aromatic rings. The van der Waals surface area contributed by atoms with Crippen molar-refractivity contribution in [3.05, 3.63) is 23.8 Å². The van der Waals surface area contributed by atoms with E-state index < -0.39 is 6.03 Å². The molecule has 1 rings (SSSR count). The highest BCUT2D eigenvalue weighted by Gasteiger charge is 2.14. The van der Waals surface area contributed by atoms with E-state index in [1.54, 1.807) is 7.11 Å². The van der Waals surface area contributed by atoms with Gasteiger partial charge in [-0.3, -0.25) is 10.1 Å². The molecule has 0 fully saturated rings. The third-order valence-electron chi connectivity index (χ3n) is 3.28. The van der Waals surface area contributed by atoms with E-state index in [1.165, 1.54) is 0 Å². The van der Waals surface area contributed by atoms with E-state index in [9.17, 15) is 9.59 Å². The highest BCUT2D eigenvalue weighted by Crippen LogP contribution is 2.27. The van der Waals surface area contributed by atoms with Crippen LogP contribution in [0.25, 0.3) is 0 Å². The number of hydrogen-bond donors (Lipinski definition) is 3. The van der Waals surface area contributed by atoms with Crippen LogP contribution in [0, 0.1) is 0 Å². The Hall–Kier alpha value is -2.28. The molecule has 0 aliphatic carbocycles. The normalized spacial score (nSPS) is 11.5. The van der Waals surface area contributed by atoms with Crippen molar-refractivity contribution in [2.45, 2.75) is 26.8 Å². The molecule has 0 radical (unpaired) electrons. The van der Waals surface area contributed by atoms with E-state index in [0.717, 1.165) is 16.9 Å². The molecule has 0 aliphatic heterocycles. The minimum atomic E-state index is -0.447. The Labute approximate surface area is 143 Å². The van der Waals surface area contributed by atoms with Crippen molar-refractivity contribution < 1.29 is 24.0 Å². The second kappa shape index (κ2) is 10.5. The maximum absolute atomic E-state index is 11.8. The number of methoxy groups -OCH3 is 1. The van der Waals surface area contributed by atoms with Gasteiger partial charge in [0.15, 0.2) is 18.0 Å². The fourth-order valence-electron chi connectivity index (χ4n) is 2.24. The Bertz CT molecular complexity index is 549. The first kappa shape index (κ1) is 19.8. The third-order valence-corrected chi connectivity index (χ3v) is 3.28. The molecule has 3 amide bonds.